The van der Waals surface area contributed by atoms with E-state index in [1.54, 1.807) is 70.3 Å². The summed E-state index contributed by atoms with van der Waals surface area (Å²) in [5, 5.41) is 20.7. The average Bonchev–Trinajstić information content (AvgIpc) is 2.85. The molecule has 10 heteroatoms. The Labute approximate surface area is 215 Å². The summed E-state index contributed by atoms with van der Waals surface area (Å²) in [6.45, 7) is 5.59. The first-order valence-electron chi connectivity index (χ1n) is 11.7. The Morgan fingerprint density at radius 1 is 1.00 bits per heavy atom. The molecule has 10 nitrogen and oxygen atoms in total. The molecular formula is C27H31N5O5. The van der Waals surface area contributed by atoms with Crippen molar-refractivity contribution in [1.29, 1.82) is 0 Å². The summed E-state index contributed by atoms with van der Waals surface area (Å²) in [7, 11) is 1.56. The van der Waals surface area contributed by atoms with Gasteiger partial charge in [-0.3, -0.25) is 14.9 Å². The molecule has 0 spiro atoms. The van der Waals surface area contributed by atoms with Crippen molar-refractivity contribution in [3.05, 3.63) is 71.9 Å². The van der Waals surface area contributed by atoms with Crippen molar-refractivity contribution >= 4 is 40.8 Å². The number of methoxy groups -OCH3 is 1. The molecule has 0 aliphatic rings. The van der Waals surface area contributed by atoms with Crippen LogP contribution < -0.4 is 26.0 Å². The smallest absolute Gasteiger partial charge is 0.320 e. The highest BCUT2D eigenvalue weighted by atomic mass is 16.5. The topological polar surface area (TPSA) is 142 Å². The molecule has 37 heavy (non-hydrogen) atoms. The van der Waals surface area contributed by atoms with Gasteiger partial charge in [0.1, 0.15) is 11.6 Å². The number of nitrogens with zero attached hydrogens (tertiary/aromatic N) is 1. The van der Waals surface area contributed by atoms with Crippen LogP contribution in [0.5, 0.6) is 5.75 Å². The maximum absolute atomic E-state index is 13.2. The molecule has 0 atom stereocenters. The fourth-order valence-corrected chi connectivity index (χ4v) is 3.48. The molecule has 3 rings (SSSR count). The van der Waals surface area contributed by atoms with Gasteiger partial charge in [-0.05, 0) is 57.0 Å². The van der Waals surface area contributed by atoms with Crippen molar-refractivity contribution in [2.24, 2.45) is 5.41 Å². The third-order valence-corrected chi connectivity index (χ3v) is 5.51. The Balaban J connectivity index is 1.84. The van der Waals surface area contributed by atoms with Crippen LogP contribution in [0, 0.1) is 5.41 Å². The molecule has 0 aliphatic heterocycles. The minimum Gasteiger partial charge on any atom is -0.497 e. The number of carbonyl (C=O) groups is 3. The van der Waals surface area contributed by atoms with Crippen LogP contribution in [0.3, 0.4) is 0 Å². The van der Waals surface area contributed by atoms with Gasteiger partial charge < -0.3 is 25.8 Å². The first kappa shape index (κ1) is 27.0. The van der Waals surface area contributed by atoms with Gasteiger partial charge in [0.25, 0.3) is 5.91 Å². The second-order valence-electron chi connectivity index (χ2n) is 8.97. The molecule has 0 saturated heterocycles. The molecule has 0 bridgehead atoms. The number of aliphatic carboxylic acids is 1. The van der Waals surface area contributed by atoms with Gasteiger partial charge in [0.05, 0.1) is 23.8 Å². The molecule has 3 amide bonds. The van der Waals surface area contributed by atoms with E-state index in [1.807, 2.05) is 12.1 Å². The number of carboxylic acid groups (broad SMARTS) is 1. The third kappa shape index (κ3) is 7.44. The molecule has 1 heterocycles. The molecule has 2 aromatic carbocycles. The highest BCUT2D eigenvalue weighted by Crippen LogP contribution is 2.27. The number of aromatic nitrogens is 1. The fourth-order valence-electron chi connectivity index (χ4n) is 3.48. The Morgan fingerprint density at radius 2 is 1.73 bits per heavy atom. The number of benzene rings is 2. The maximum atomic E-state index is 13.2. The zero-order chi connectivity index (χ0) is 27.0. The van der Waals surface area contributed by atoms with Crippen LogP contribution in [-0.2, 0) is 11.2 Å². The standard InChI is InChI=1S/C27H31N5O5/c1-5-28-26(36)32-23-14-22(30-19-7-6-8-20(13-19)37-4)21(16-29-23)24(33)31-18-11-9-17(10-12-18)15-27(2,3)25(34)35/h6-14,16H,5,15H2,1-4H3,(H,31,33)(H,34,35)(H3,28,29,30,32,36). The normalized spacial score (nSPS) is 10.8. The Bertz CT molecular complexity index is 1270. The highest BCUT2D eigenvalue weighted by Gasteiger charge is 2.27. The van der Waals surface area contributed by atoms with Gasteiger partial charge in [-0.1, -0.05) is 18.2 Å². The number of pyridine rings is 1. The summed E-state index contributed by atoms with van der Waals surface area (Å²) < 4.78 is 5.28. The highest BCUT2D eigenvalue weighted by molar-refractivity contribution is 6.08. The van der Waals surface area contributed by atoms with Crippen molar-refractivity contribution in [1.82, 2.24) is 10.3 Å². The van der Waals surface area contributed by atoms with Crippen LogP contribution in [-0.4, -0.2) is 41.7 Å². The Kier molecular flexibility index (Phi) is 8.68. The molecule has 5 N–H and O–H groups in total. The van der Waals surface area contributed by atoms with Gasteiger partial charge in [-0.25, -0.2) is 9.78 Å². The van der Waals surface area contributed by atoms with E-state index in [1.165, 1.54) is 6.20 Å². The number of hydrogen-bond donors (Lipinski definition) is 5. The van der Waals surface area contributed by atoms with Crippen molar-refractivity contribution in [3.63, 3.8) is 0 Å². The fraction of sp³-hybridized carbons (Fsp3) is 0.259. The lowest BCUT2D eigenvalue weighted by Crippen LogP contribution is -2.28. The molecule has 1 aromatic heterocycles. The second-order valence-corrected chi connectivity index (χ2v) is 8.97. The lowest BCUT2D eigenvalue weighted by molar-refractivity contribution is -0.146. The zero-order valence-corrected chi connectivity index (χ0v) is 21.2. The lowest BCUT2D eigenvalue weighted by atomic mass is 9.86. The summed E-state index contributed by atoms with van der Waals surface area (Å²) in [5.41, 5.74) is 1.83. The summed E-state index contributed by atoms with van der Waals surface area (Å²) in [5.74, 6) is -0.394. The first-order valence-corrected chi connectivity index (χ1v) is 11.7. The van der Waals surface area contributed by atoms with E-state index in [9.17, 15) is 19.5 Å². The van der Waals surface area contributed by atoms with Crippen molar-refractivity contribution in [3.8, 4) is 5.75 Å². The van der Waals surface area contributed by atoms with E-state index in [2.05, 4.69) is 26.3 Å². The number of rotatable bonds is 10. The summed E-state index contributed by atoms with van der Waals surface area (Å²) >= 11 is 0. The summed E-state index contributed by atoms with van der Waals surface area (Å²) in [4.78, 5) is 40.8. The van der Waals surface area contributed by atoms with Gasteiger partial charge >= 0.3 is 12.0 Å². The molecule has 3 aromatic rings. The van der Waals surface area contributed by atoms with Crippen LogP contribution >= 0.6 is 0 Å². The molecule has 0 saturated carbocycles. The van der Waals surface area contributed by atoms with E-state index in [0.717, 1.165) is 5.56 Å². The maximum Gasteiger partial charge on any atom is 0.320 e. The Hall–Kier alpha value is -4.60. The summed E-state index contributed by atoms with van der Waals surface area (Å²) in [6, 6.07) is 15.4. The number of carbonyl (C=O) groups excluding carboxylic acids is 2. The second kappa shape index (κ2) is 11.9. The average molecular weight is 506 g/mol. The van der Waals surface area contributed by atoms with Crippen molar-refractivity contribution < 1.29 is 24.2 Å². The quantitative estimate of drug-likeness (QED) is 0.264. The van der Waals surface area contributed by atoms with E-state index in [4.69, 9.17) is 4.74 Å². The molecular weight excluding hydrogens is 474 g/mol. The number of urea groups is 1. The van der Waals surface area contributed by atoms with Crippen LogP contribution in [0.4, 0.5) is 27.7 Å². The molecule has 0 fully saturated rings. The van der Waals surface area contributed by atoms with Gasteiger partial charge in [0.2, 0.25) is 0 Å². The van der Waals surface area contributed by atoms with E-state index in [0.29, 0.717) is 35.8 Å². The lowest BCUT2D eigenvalue weighted by Gasteiger charge is -2.19. The van der Waals surface area contributed by atoms with Crippen LogP contribution in [0.2, 0.25) is 0 Å². The van der Waals surface area contributed by atoms with Gasteiger partial charge in [-0.2, -0.15) is 0 Å². The number of hydrogen-bond acceptors (Lipinski definition) is 6. The van der Waals surface area contributed by atoms with Gasteiger partial charge in [-0.15, -0.1) is 0 Å². The van der Waals surface area contributed by atoms with Gasteiger partial charge in [0.15, 0.2) is 0 Å². The SMILES string of the molecule is CCNC(=O)Nc1cc(Nc2cccc(OC)c2)c(C(=O)Nc2ccc(CC(C)(C)C(=O)O)cc2)cn1. The van der Waals surface area contributed by atoms with Gasteiger partial charge in [0, 0.05) is 36.2 Å². The molecule has 0 radical (unpaired) electrons. The molecule has 0 unspecified atom stereocenters. The molecule has 194 valence electrons. The first-order chi connectivity index (χ1) is 17.6. The number of ether oxygens (including phenoxy) is 1. The van der Waals surface area contributed by atoms with E-state index >= 15 is 0 Å². The summed E-state index contributed by atoms with van der Waals surface area (Å²) in [6.07, 6.45) is 1.73. The molecule has 0 aliphatic carbocycles. The van der Waals surface area contributed by atoms with Crippen LogP contribution in [0.1, 0.15) is 36.7 Å². The number of carboxylic acids is 1. The van der Waals surface area contributed by atoms with Crippen molar-refractivity contribution in [2.75, 3.05) is 29.6 Å². The predicted molar refractivity (Wildman–Crippen MR) is 143 cm³/mol. The largest absolute Gasteiger partial charge is 0.497 e. The minimum absolute atomic E-state index is 0.250. The number of amides is 3. The van der Waals surface area contributed by atoms with E-state index < -0.39 is 23.3 Å². The number of nitrogens with one attached hydrogen (secondary N) is 4. The zero-order valence-electron chi connectivity index (χ0n) is 21.2. The number of anilines is 4. The minimum atomic E-state index is -0.902. The van der Waals surface area contributed by atoms with Crippen LogP contribution in [0.25, 0.3) is 0 Å². The van der Waals surface area contributed by atoms with Crippen molar-refractivity contribution in [2.45, 2.75) is 27.2 Å². The van der Waals surface area contributed by atoms with Crippen LogP contribution in [0.15, 0.2) is 60.8 Å². The van der Waals surface area contributed by atoms with E-state index in [-0.39, 0.29) is 11.4 Å². The monoisotopic (exact) mass is 505 g/mol. The predicted octanol–water partition coefficient (Wildman–Crippen LogP) is 4.88. The third-order valence-electron chi connectivity index (χ3n) is 5.51. The Morgan fingerprint density at radius 3 is 2.38 bits per heavy atom.